The Bertz CT molecular complexity index is 56.4. The van der Waals surface area contributed by atoms with Crippen molar-refractivity contribution in [1.29, 1.82) is 0 Å². The minimum absolute atomic E-state index is 0.435. The van der Waals surface area contributed by atoms with Crippen LogP contribution in [0, 0.1) is 0 Å². The predicted octanol–water partition coefficient (Wildman–Crippen LogP) is 1.24. The molecule has 0 bridgehead atoms. The molecule has 0 fully saturated rings. The van der Waals surface area contributed by atoms with Crippen LogP contribution in [0.2, 0.25) is 19.5 Å². The van der Waals surface area contributed by atoms with Crippen LogP contribution in [0.15, 0.2) is 0 Å². The lowest BCUT2D eigenvalue weighted by molar-refractivity contribution is 1.01. The Labute approximate surface area is 72.7 Å². The minimum atomic E-state index is 0.435. The van der Waals surface area contributed by atoms with Crippen molar-refractivity contribution in [1.82, 2.24) is 5.23 Å². The topological polar surface area (TPSA) is 38.0 Å². The molecule has 0 aromatic heterocycles. The first kappa shape index (κ1) is 13.6. The van der Waals surface area contributed by atoms with Gasteiger partial charge in [-0.1, -0.05) is 40.2 Å². The van der Waals surface area contributed by atoms with Gasteiger partial charge < -0.3 is 10.9 Å². The molecular weight excluding hydrogens is 134 g/mol. The van der Waals surface area contributed by atoms with Gasteiger partial charge in [0, 0.05) is 0 Å². The highest BCUT2D eigenvalue weighted by Crippen LogP contribution is 1.86. The van der Waals surface area contributed by atoms with Gasteiger partial charge in [0.25, 0.3) is 0 Å². The summed E-state index contributed by atoms with van der Waals surface area (Å²) in [6.45, 7) is 9.73. The maximum Gasteiger partial charge on any atom is 0.217 e. The van der Waals surface area contributed by atoms with Crippen molar-refractivity contribution >= 4 is 14.3 Å². The summed E-state index contributed by atoms with van der Waals surface area (Å²) in [6.07, 6.45) is 2.22. The van der Waals surface area contributed by atoms with E-state index in [0.717, 1.165) is 19.2 Å². The Morgan fingerprint density at radius 3 is 1.73 bits per heavy atom. The molecule has 0 rings (SSSR count). The second-order valence-electron chi connectivity index (χ2n) is 2.42. The third kappa shape index (κ3) is 17.8. The molecule has 0 saturated heterocycles. The molecule has 0 aliphatic rings. The average molecular weight is 155 g/mol. The van der Waals surface area contributed by atoms with Gasteiger partial charge in [0.05, 0.1) is 0 Å². The van der Waals surface area contributed by atoms with Crippen LogP contribution in [0.1, 0.15) is 20.8 Å². The first-order valence-electron chi connectivity index (χ1n) is 4.49. The van der Waals surface area contributed by atoms with Gasteiger partial charge in [-0.3, -0.25) is 0 Å². The Balaban J connectivity index is 0. The Kier molecular flexibility index (Phi) is 15.7. The van der Waals surface area contributed by atoms with E-state index in [-0.39, 0.29) is 0 Å². The van der Waals surface area contributed by atoms with Crippen molar-refractivity contribution < 1.29 is 0 Å². The van der Waals surface area contributed by atoms with Crippen molar-refractivity contribution in [3.63, 3.8) is 0 Å². The molecule has 0 amide bonds. The van der Waals surface area contributed by atoms with E-state index in [1.54, 1.807) is 0 Å². The quantitative estimate of drug-likeness (QED) is 0.599. The minimum Gasteiger partial charge on any atom is -0.370 e. The van der Waals surface area contributed by atoms with Crippen LogP contribution < -0.4 is 10.9 Å². The fourth-order valence-corrected chi connectivity index (χ4v) is 0.493. The van der Waals surface area contributed by atoms with Gasteiger partial charge >= 0.3 is 0 Å². The highest BCUT2D eigenvalue weighted by atomic mass is 14.7. The summed E-state index contributed by atoms with van der Waals surface area (Å²) in [7, 11) is 1.93. The molecule has 0 spiro atoms. The number of hydrogen-bond acceptors (Lipinski definition) is 2. The fraction of sp³-hybridized carbons (Fsp3) is 1.00. The van der Waals surface area contributed by atoms with Gasteiger partial charge in [0.1, 0.15) is 0 Å². The largest absolute Gasteiger partial charge is 0.370 e. The lowest BCUT2D eigenvalue weighted by Gasteiger charge is -1.93. The highest BCUT2D eigenvalue weighted by Gasteiger charge is 1.96. The lowest BCUT2D eigenvalue weighted by atomic mass is 9.59. The lowest BCUT2D eigenvalue weighted by Crippen LogP contribution is -2.21. The number of nitrogens with two attached hydrogens (primary N) is 1. The van der Waals surface area contributed by atoms with Gasteiger partial charge in [-0.05, 0) is 6.54 Å². The zero-order valence-electron chi connectivity index (χ0n) is 8.35. The molecule has 65 valence electrons. The smallest absolute Gasteiger partial charge is 0.217 e. The summed E-state index contributed by atoms with van der Waals surface area (Å²) in [5, 5.41) is 2.99. The normalized spacial score (nSPS) is 8.09. The van der Waals surface area contributed by atoms with Crippen molar-refractivity contribution in [3.05, 3.63) is 0 Å². The summed E-state index contributed by atoms with van der Waals surface area (Å²) in [5.74, 6) is 0. The number of hydrogen-bond donors (Lipinski definition) is 2. The molecule has 0 heterocycles. The van der Waals surface area contributed by atoms with Crippen LogP contribution in [-0.2, 0) is 0 Å². The van der Waals surface area contributed by atoms with E-state index in [9.17, 15) is 0 Å². The van der Waals surface area contributed by atoms with Crippen LogP contribution >= 0.6 is 0 Å². The first-order valence-corrected chi connectivity index (χ1v) is 4.49. The fourth-order valence-electron chi connectivity index (χ4n) is 0.493. The summed E-state index contributed by atoms with van der Waals surface area (Å²) >= 11 is 0. The molecule has 0 aliphatic carbocycles. The van der Waals surface area contributed by atoms with E-state index in [1.165, 1.54) is 0 Å². The van der Waals surface area contributed by atoms with E-state index < -0.39 is 0 Å². The van der Waals surface area contributed by atoms with Crippen molar-refractivity contribution in [2.45, 2.75) is 40.2 Å². The molecule has 1 radical (unpaired) electrons. The molecule has 4 heteroatoms. The first-order chi connectivity index (χ1) is 5.22. The zero-order valence-corrected chi connectivity index (χ0v) is 8.35. The van der Waals surface area contributed by atoms with E-state index in [0.29, 0.717) is 6.85 Å². The van der Waals surface area contributed by atoms with Gasteiger partial charge in [-0.15, -0.1) is 0 Å². The van der Waals surface area contributed by atoms with Crippen LogP contribution in [0.5, 0.6) is 0 Å². The van der Waals surface area contributed by atoms with Gasteiger partial charge in [0.15, 0.2) is 0 Å². The van der Waals surface area contributed by atoms with E-state index in [1.807, 2.05) is 14.2 Å². The molecule has 0 aromatic rings. The van der Waals surface area contributed by atoms with Crippen LogP contribution in [0.3, 0.4) is 0 Å². The predicted molar refractivity (Wildman–Crippen MR) is 56.2 cm³/mol. The molecule has 0 aliphatic heterocycles. The van der Waals surface area contributed by atoms with Gasteiger partial charge in [0.2, 0.25) is 14.3 Å². The Morgan fingerprint density at radius 2 is 1.73 bits per heavy atom. The molecular formula is C7H21B2N2. The van der Waals surface area contributed by atoms with Crippen molar-refractivity contribution in [2.75, 3.05) is 6.54 Å². The molecule has 0 atom stereocenters. The summed E-state index contributed by atoms with van der Waals surface area (Å²) < 4.78 is 0. The monoisotopic (exact) mass is 155 g/mol. The molecule has 0 saturated carbocycles. The SMILES string of the molecule is CCB(N)CC.C[B]NCC. The third-order valence-corrected chi connectivity index (χ3v) is 1.46. The zero-order chi connectivity index (χ0) is 9.11. The van der Waals surface area contributed by atoms with E-state index in [2.05, 4.69) is 26.0 Å². The Hall–Kier alpha value is 0.0499. The second kappa shape index (κ2) is 12.7. The standard InChI is InChI=1S/C4H12BN.C3H9BN/c1-3-5(6)4-2;1-3-5-4-2/h3-4,6H2,1-2H3;5H,3H2,1-2H3. The summed E-state index contributed by atoms with van der Waals surface area (Å²) in [6, 6.07) is 0. The average Bonchev–Trinajstić information content (AvgIpc) is 2.06. The molecule has 11 heavy (non-hydrogen) atoms. The highest BCUT2D eigenvalue weighted by molar-refractivity contribution is 6.54. The van der Waals surface area contributed by atoms with E-state index >= 15 is 0 Å². The second-order valence-corrected chi connectivity index (χ2v) is 2.42. The summed E-state index contributed by atoms with van der Waals surface area (Å²) in [4.78, 5) is 0. The number of nitrogens with one attached hydrogen (secondary N) is 1. The Morgan fingerprint density at radius 1 is 1.27 bits per heavy atom. The molecule has 0 aromatic carbocycles. The van der Waals surface area contributed by atoms with Crippen LogP contribution in [0.4, 0.5) is 0 Å². The number of rotatable bonds is 4. The maximum absolute atomic E-state index is 5.47. The van der Waals surface area contributed by atoms with Crippen LogP contribution in [-0.4, -0.2) is 20.8 Å². The van der Waals surface area contributed by atoms with Gasteiger partial charge in [-0.2, -0.15) is 0 Å². The molecule has 0 unspecified atom stereocenters. The van der Waals surface area contributed by atoms with Crippen molar-refractivity contribution in [3.8, 4) is 0 Å². The van der Waals surface area contributed by atoms with Gasteiger partial charge in [-0.25, -0.2) is 0 Å². The molecule has 2 nitrogen and oxygen atoms in total. The van der Waals surface area contributed by atoms with E-state index in [4.69, 9.17) is 5.64 Å². The van der Waals surface area contributed by atoms with Crippen LogP contribution in [0.25, 0.3) is 0 Å². The summed E-state index contributed by atoms with van der Waals surface area (Å²) in [5.41, 5.74) is 5.47. The third-order valence-electron chi connectivity index (χ3n) is 1.46. The maximum atomic E-state index is 5.47. The molecule has 3 N–H and O–H groups in total. The van der Waals surface area contributed by atoms with Crippen molar-refractivity contribution in [2.24, 2.45) is 5.64 Å².